The van der Waals surface area contributed by atoms with Crippen LogP contribution in [-0.2, 0) is 0 Å². The fourth-order valence-corrected chi connectivity index (χ4v) is 2.03. The predicted molar refractivity (Wildman–Crippen MR) is 50.7 cm³/mol. The van der Waals surface area contributed by atoms with Gasteiger partial charge >= 0.3 is 0 Å². The van der Waals surface area contributed by atoms with E-state index in [1.54, 1.807) is 11.3 Å². The molecule has 6 nitrogen and oxygen atoms in total. The van der Waals surface area contributed by atoms with Gasteiger partial charge in [0.2, 0.25) is 6.04 Å². The van der Waals surface area contributed by atoms with Crippen LogP contribution in [0.15, 0.2) is 17.5 Å². The summed E-state index contributed by atoms with van der Waals surface area (Å²) in [4.78, 5) is 1.14. The van der Waals surface area contributed by atoms with E-state index in [0.717, 1.165) is 4.88 Å². The molecule has 0 saturated carbocycles. The van der Waals surface area contributed by atoms with Crippen molar-refractivity contribution < 1.29 is 33.4 Å². The minimum atomic E-state index is -4.94. The van der Waals surface area contributed by atoms with Crippen molar-refractivity contribution in [2.45, 2.75) is 6.04 Å². The standard InChI is InChI=1S/C9H13N2S.ClHO4/c1-11(2,3)8(7-10)9-5-4-6-12-9;2-1(3,4)5/h4-6,8H,1-3H3;(H,2,3,4,5)/q+1;/p-1. The second kappa shape index (κ2) is 6.28. The van der Waals surface area contributed by atoms with E-state index in [9.17, 15) is 0 Å². The zero-order valence-corrected chi connectivity index (χ0v) is 11.2. The lowest BCUT2D eigenvalue weighted by molar-refractivity contribution is -2.00. The molecule has 0 radical (unpaired) electrons. The van der Waals surface area contributed by atoms with Crippen LogP contribution >= 0.6 is 11.3 Å². The number of nitriles is 1. The summed E-state index contributed by atoms with van der Waals surface area (Å²) in [6.45, 7) is 0. The number of thiophene rings is 1. The maximum Gasteiger partial charge on any atom is 0.210 e. The van der Waals surface area contributed by atoms with Gasteiger partial charge in [0.05, 0.1) is 26.0 Å². The van der Waals surface area contributed by atoms with Gasteiger partial charge in [0.1, 0.15) is 6.07 Å². The van der Waals surface area contributed by atoms with Crippen molar-refractivity contribution in [3.8, 4) is 6.07 Å². The number of hydrogen-bond acceptors (Lipinski definition) is 6. The number of rotatable bonds is 2. The first kappa shape index (κ1) is 16.3. The third-order valence-corrected chi connectivity index (χ3v) is 2.63. The van der Waals surface area contributed by atoms with E-state index in [-0.39, 0.29) is 6.04 Å². The van der Waals surface area contributed by atoms with E-state index in [1.165, 1.54) is 0 Å². The number of quaternary nitrogens is 1. The second-order valence-electron chi connectivity index (χ2n) is 4.04. The Morgan fingerprint density at radius 3 is 2.00 bits per heavy atom. The Morgan fingerprint density at radius 1 is 1.29 bits per heavy atom. The highest BCUT2D eigenvalue weighted by molar-refractivity contribution is 7.10. The number of hydrogen-bond donors (Lipinski definition) is 0. The predicted octanol–water partition coefficient (Wildman–Crippen LogP) is -2.74. The van der Waals surface area contributed by atoms with Gasteiger partial charge in [-0.3, -0.25) is 0 Å². The third kappa shape index (κ3) is 8.06. The Kier molecular flexibility index (Phi) is 6.01. The van der Waals surface area contributed by atoms with Crippen molar-refractivity contribution in [1.82, 2.24) is 0 Å². The highest BCUT2D eigenvalue weighted by atomic mass is 35.7. The van der Waals surface area contributed by atoms with E-state index in [0.29, 0.717) is 4.48 Å². The molecule has 0 bridgehead atoms. The van der Waals surface area contributed by atoms with Crippen molar-refractivity contribution in [3.05, 3.63) is 22.4 Å². The van der Waals surface area contributed by atoms with Crippen LogP contribution in [0.5, 0.6) is 0 Å². The van der Waals surface area contributed by atoms with Gasteiger partial charge in [-0.25, -0.2) is 18.6 Å². The molecule has 0 aliphatic carbocycles. The molecule has 0 spiro atoms. The minimum absolute atomic E-state index is 0.0370. The molecule has 0 aliphatic heterocycles. The van der Waals surface area contributed by atoms with Gasteiger partial charge in [-0.1, -0.05) is 6.07 Å². The third-order valence-electron chi connectivity index (χ3n) is 1.71. The molecule has 1 rings (SSSR count). The van der Waals surface area contributed by atoms with E-state index in [1.807, 2.05) is 38.7 Å². The Labute approximate surface area is 106 Å². The van der Waals surface area contributed by atoms with Gasteiger partial charge in [0.15, 0.2) is 0 Å². The van der Waals surface area contributed by atoms with E-state index in [4.69, 9.17) is 23.9 Å². The zero-order chi connectivity index (χ0) is 13.7. The van der Waals surface area contributed by atoms with Gasteiger partial charge in [0, 0.05) is 0 Å². The quantitative estimate of drug-likeness (QED) is 0.545. The molecule has 0 aliphatic rings. The summed E-state index contributed by atoms with van der Waals surface area (Å²) in [6, 6.07) is 6.29. The Bertz CT molecular complexity index is 358. The van der Waals surface area contributed by atoms with Crippen LogP contribution in [0.25, 0.3) is 0 Å². The van der Waals surface area contributed by atoms with Crippen LogP contribution in [0.3, 0.4) is 0 Å². The van der Waals surface area contributed by atoms with Gasteiger partial charge in [-0.2, -0.15) is 5.26 Å². The Balaban J connectivity index is 0.000000437. The Morgan fingerprint density at radius 2 is 1.76 bits per heavy atom. The Hall–Kier alpha value is -0.720. The summed E-state index contributed by atoms with van der Waals surface area (Å²) < 4.78 is 34.6. The van der Waals surface area contributed by atoms with Crippen molar-refractivity contribution in [1.29, 1.82) is 5.26 Å². The first-order valence-corrected chi connectivity index (χ1v) is 6.53. The summed E-state index contributed by atoms with van der Waals surface area (Å²) in [7, 11) is 1.16. The molecule has 0 fully saturated rings. The first-order chi connectivity index (χ1) is 7.55. The average Bonchev–Trinajstić information content (AvgIpc) is 2.51. The fourth-order valence-electron chi connectivity index (χ4n) is 1.07. The van der Waals surface area contributed by atoms with Crippen LogP contribution in [0.4, 0.5) is 0 Å². The van der Waals surface area contributed by atoms with Gasteiger partial charge in [-0.05, 0) is 11.4 Å². The van der Waals surface area contributed by atoms with Crippen molar-refractivity contribution in [2.75, 3.05) is 21.1 Å². The van der Waals surface area contributed by atoms with Crippen LogP contribution < -0.4 is 18.6 Å². The molecule has 1 unspecified atom stereocenters. The zero-order valence-electron chi connectivity index (χ0n) is 9.62. The highest BCUT2D eigenvalue weighted by Crippen LogP contribution is 2.25. The fraction of sp³-hybridized carbons (Fsp3) is 0.444. The molecular formula is C9H13ClN2O4S. The number of nitrogens with zero attached hydrogens (tertiary/aromatic N) is 2. The average molecular weight is 281 g/mol. The topological polar surface area (TPSA) is 116 Å². The minimum Gasteiger partial charge on any atom is -0.312 e. The molecule has 1 heterocycles. The molecule has 8 heteroatoms. The molecule has 0 aromatic carbocycles. The van der Waals surface area contributed by atoms with Crippen molar-refractivity contribution >= 4 is 11.3 Å². The molecule has 0 saturated heterocycles. The van der Waals surface area contributed by atoms with Crippen molar-refractivity contribution in [2.24, 2.45) is 0 Å². The first-order valence-electron chi connectivity index (χ1n) is 4.41. The molecular weight excluding hydrogens is 268 g/mol. The van der Waals surface area contributed by atoms with E-state index in [2.05, 4.69) is 6.07 Å². The van der Waals surface area contributed by atoms with Gasteiger partial charge in [-0.15, -0.1) is 21.6 Å². The lowest BCUT2D eigenvalue weighted by Gasteiger charge is -2.28. The molecule has 1 aromatic heterocycles. The van der Waals surface area contributed by atoms with Gasteiger partial charge in [0.25, 0.3) is 0 Å². The van der Waals surface area contributed by atoms with E-state index < -0.39 is 10.2 Å². The number of halogens is 1. The van der Waals surface area contributed by atoms with Crippen LogP contribution in [0, 0.1) is 21.6 Å². The lowest BCUT2D eigenvalue weighted by Crippen LogP contribution is -2.68. The van der Waals surface area contributed by atoms with Crippen LogP contribution in [-0.4, -0.2) is 25.6 Å². The molecule has 0 amide bonds. The smallest absolute Gasteiger partial charge is 0.210 e. The van der Waals surface area contributed by atoms with E-state index >= 15 is 0 Å². The van der Waals surface area contributed by atoms with Crippen molar-refractivity contribution in [3.63, 3.8) is 0 Å². The summed E-state index contributed by atoms with van der Waals surface area (Å²) >= 11 is 1.64. The molecule has 96 valence electrons. The maximum atomic E-state index is 8.97. The monoisotopic (exact) mass is 280 g/mol. The summed E-state index contributed by atoms with van der Waals surface area (Å²) in [5, 5.41) is 11.0. The van der Waals surface area contributed by atoms with Crippen LogP contribution in [0.1, 0.15) is 10.9 Å². The molecule has 17 heavy (non-hydrogen) atoms. The SMILES string of the molecule is C[N+](C)(C)C(C#N)c1cccs1.[O-][Cl+3]([O-])([O-])[O-]. The lowest BCUT2D eigenvalue weighted by atomic mass is 10.2. The maximum absolute atomic E-state index is 8.97. The molecule has 0 N–H and O–H groups in total. The largest absolute Gasteiger partial charge is 0.312 e. The summed E-state index contributed by atoms with van der Waals surface area (Å²) in [5.41, 5.74) is 0. The molecule has 1 aromatic rings. The van der Waals surface area contributed by atoms with Gasteiger partial charge < -0.3 is 4.48 Å². The highest BCUT2D eigenvalue weighted by Gasteiger charge is 2.25. The normalized spacial score (nSPS) is 13.3. The second-order valence-corrected chi connectivity index (χ2v) is 5.78. The summed E-state index contributed by atoms with van der Waals surface area (Å²) in [6.07, 6.45) is 0. The molecule has 1 atom stereocenters. The van der Waals surface area contributed by atoms with Crippen LogP contribution in [0.2, 0.25) is 0 Å². The summed E-state index contributed by atoms with van der Waals surface area (Å²) in [5.74, 6) is 0.